The van der Waals surface area contributed by atoms with Crippen LogP contribution in [-0.4, -0.2) is 48.5 Å². The van der Waals surface area contributed by atoms with Crippen LogP contribution in [0.25, 0.3) is 0 Å². The van der Waals surface area contributed by atoms with E-state index in [1.54, 1.807) is 18.9 Å². The van der Waals surface area contributed by atoms with Crippen molar-refractivity contribution in [3.63, 3.8) is 0 Å². The predicted octanol–water partition coefficient (Wildman–Crippen LogP) is 0.729. The summed E-state index contributed by atoms with van der Waals surface area (Å²) >= 11 is 0. The first-order chi connectivity index (χ1) is 9.40. The number of hydrogen-bond acceptors (Lipinski definition) is 6. The maximum absolute atomic E-state index is 12.0. The molecule has 0 aliphatic rings. The molecule has 0 saturated heterocycles. The van der Waals surface area contributed by atoms with Gasteiger partial charge in [-0.05, 0) is 19.9 Å². The van der Waals surface area contributed by atoms with E-state index in [9.17, 15) is 9.59 Å². The summed E-state index contributed by atoms with van der Waals surface area (Å²) in [5.74, 6) is -0.380. The van der Waals surface area contributed by atoms with Crippen LogP contribution in [0.5, 0.6) is 0 Å². The highest BCUT2D eigenvalue weighted by Gasteiger charge is 2.20. The molecule has 1 amide bonds. The number of anilines is 2. The third kappa shape index (κ3) is 3.59. The van der Waals surface area contributed by atoms with Gasteiger partial charge in [0.2, 0.25) is 5.91 Å². The van der Waals surface area contributed by atoms with Crippen molar-refractivity contribution in [2.45, 2.75) is 19.9 Å². The standard InChI is InChI=1S/C13H20N4O3/c1-5-17(3)12(18)8(2)16-11-10(13(19)20-4)6-9(14)7-15-11/h6-8H,5,14H2,1-4H3,(H,15,16). The van der Waals surface area contributed by atoms with Gasteiger partial charge in [-0.2, -0.15) is 0 Å². The van der Waals surface area contributed by atoms with Gasteiger partial charge in [0.05, 0.1) is 19.0 Å². The number of carbonyl (C=O) groups excluding carboxylic acids is 2. The fraction of sp³-hybridized carbons (Fsp3) is 0.462. The summed E-state index contributed by atoms with van der Waals surface area (Å²) in [5, 5.41) is 2.91. The third-order valence-electron chi connectivity index (χ3n) is 2.89. The molecule has 1 atom stereocenters. The first-order valence-electron chi connectivity index (χ1n) is 6.26. The Balaban J connectivity index is 2.97. The minimum absolute atomic E-state index is 0.0954. The molecule has 0 aliphatic heterocycles. The number of esters is 1. The maximum atomic E-state index is 12.0. The fourth-order valence-electron chi connectivity index (χ4n) is 1.61. The number of nitrogens with one attached hydrogen (secondary N) is 1. The average Bonchev–Trinajstić information content (AvgIpc) is 2.46. The summed E-state index contributed by atoms with van der Waals surface area (Å²) in [5.41, 5.74) is 6.16. The number of nitrogen functional groups attached to an aromatic ring is 1. The normalized spacial score (nSPS) is 11.6. The van der Waals surface area contributed by atoms with Gasteiger partial charge in [-0.15, -0.1) is 0 Å². The van der Waals surface area contributed by atoms with Crippen molar-refractivity contribution in [2.24, 2.45) is 0 Å². The van der Waals surface area contributed by atoms with Gasteiger partial charge in [0.25, 0.3) is 0 Å². The molecule has 1 aromatic heterocycles. The Labute approximate surface area is 118 Å². The molecule has 7 nitrogen and oxygen atoms in total. The number of nitrogens with zero attached hydrogens (tertiary/aromatic N) is 2. The Hall–Kier alpha value is -2.31. The molecule has 1 unspecified atom stereocenters. The second kappa shape index (κ2) is 6.74. The zero-order valence-corrected chi connectivity index (χ0v) is 12.1. The fourth-order valence-corrected chi connectivity index (χ4v) is 1.61. The third-order valence-corrected chi connectivity index (χ3v) is 2.89. The van der Waals surface area contributed by atoms with Gasteiger partial charge >= 0.3 is 5.97 Å². The van der Waals surface area contributed by atoms with E-state index in [1.165, 1.54) is 19.4 Å². The number of methoxy groups -OCH3 is 1. The van der Waals surface area contributed by atoms with E-state index in [1.807, 2.05) is 6.92 Å². The zero-order chi connectivity index (χ0) is 15.3. The number of pyridine rings is 1. The quantitative estimate of drug-likeness (QED) is 0.772. The number of carbonyl (C=O) groups is 2. The molecule has 1 aromatic rings. The van der Waals surface area contributed by atoms with E-state index >= 15 is 0 Å². The largest absolute Gasteiger partial charge is 0.465 e. The van der Waals surface area contributed by atoms with E-state index in [2.05, 4.69) is 15.0 Å². The minimum atomic E-state index is -0.559. The first-order valence-corrected chi connectivity index (χ1v) is 6.26. The summed E-state index contributed by atoms with van der Waals surface area (Å²) < 4.78 is 4.67. The summed E-state index contributed by atoms with van der Waals surface area (Å²) in [7, 11) is 2.98. The number of aromatic nitrogens is 1. The molecule has 20 heavy (non-hydrogen) atoms. The molecular weight excluding hydrogens is 260 g/mol. The summed E-state index contributed by atoms with van der Waals surface area (Å²) in [6.07, 6.45) is 1.41. The highest BCUT2D eigenvalue weighted by atomic mass is 16.5. The summed E-state index contributed by atoms with van der Waals surface area (Å²) in [6, 6.07) is 0.946. The van der Waals surface area contributed by atoms with Crippen LogP contribution in [0, 0.1) is 0 Å². The van der Waals surface area contributed by atoms with Gasteiger partial charge in [-0.1, -0.05) is 0 Å². The van der Waals surface area contributed by atoms with Crippen LogP contribution in [0.1, 0.15) is 24.2 Å². The second-order valence-electron chi connectivity index (χ2n) is 4.37. The monoisotopic (exact) mass is 280 g/mol. The highest BCUT2D eigenvalue weighted by molar-refractivity contribution is 5.96. The molecule has 0 fully saturated rings. The maximum Gasteiger partial charge on any atom is 0.341 e. The topological polar surface area (TPSA) is 97.5 Å². The van der Waals surface area contributed by atoms with Gasteiger partial charge in [0.1, 0.15) is 17.4 Å². The Morgan fingerprint density at radius 2 is 2.20 bits per heavy atom. The van der Waals surface area contributed by atoms with Crippen molar-refractivity contribution in [1.82, 2.24) is 9.88 Å². The lowest BCUT2D eigenvalue weighted by atomic mass is 10.2. The van der Waals surface area contributed by atoms with Crippen LogP contribution in [-0.2, 0) is 9.53 Å². The molecule has 0 radical (unpaired) electrons. The smallest absolute Gasteiger partial charge is 0.341 e. The van der Waals surface area contributed by atoms with Crippen molar-refractivity contribution < 1.29 is 14.3 Å². The van der Waals surface area contributed by atoms with E-state index in [0.717, 1.165) is 0 Å². The molecule has 0 saturated carbocycles. The predicted molar refractivity (Wildman–Crippen MR) is 76.4 cm³/mol. The Bertz CT molecular complexity index is 504. The number of amides is 1. The molecule has 7 heteroatoms. The van der Waals surface area contributed by atoms with Gasteiger partial charge in [-0.25, -0.2) is 9.78 Å². The lowest BCUT2D eigenvalue weighted by Gasteiger charge is -2.21. The minimum Gasteiger partial charge on any atom is -0.465 e. The number of hydrogen-bond donors (Lipinski definition) is 2. The van der Waals surface area contributed by atoms with Crippen molar-refractivity contribution in [3.8, 4) is 0 Å². The Morgan fingerprint density at radius 3 is 2.75 bits per heavy atom. The zero-order valence-electron chi connectivity index (χ0n) is 12.1. The van der Waals surface area contributed by atoms with E-state index < -0.39 is 12.0 Å². The molecule has 0 aliphatic carbocycles. The molecule has 3 N–H and O–H groups in total. The highest BCUT2D eigenvalue weighted by Crippen LogP contribution is 2.17. The van der Waals surface area contributed by atoms with Crippen molar-refractivity contribution in [2.75, 3.05) is 31.8 Å². The van der Waals surface area contributed by atoms with E-state index in [-0.39, 0.29) is 17.3 Å². The van der Waals surface area contributed by atoms with Crippen molar-refractivity contribution in [1.29, 1.82) is 0 Å². The van der Waals surface area contributed by atoms with Gasteiger partial charge in [0, 0.05) is 13.6 Å². The number of rotatable bonds is 5. The summed E-state index contributed by atoms with van der Waals surface area (Å²) in [4.78, 5) is 29.3. The van der Waals surface area contributed by atoms with Crippen LogP contribution >= 0.6 is 0 Å². The molecule has 1 rings (SSSR count). The first kappa shape index (κ1) is 15.7. The van der Waals surface area contributed by atoms with Crippen LogP contribution in [0.4, 0.5) is 11.5 Å². The molecule has 0 spiro atoms. The Kier molecular flexibility index (Phi) is 5.31. The molecule has 1 heterocycles. The summed E-state index contributed by atoms with van der Waals surface area (Å²) in [6.45, 7) is 4.18. The lowest BCUT2D eigenvalue weighted by molar-refractivity contribution is -0.130. The van der Waals surface area contributed by atoms with E-state index in [0.29, 0.717) is 12.2 Å². The Morgan fingerprint density at radius 1 is 1.55 bits per heavy atom. The van der Waals surface area contributed by atoms with Crippen molar-refractivity contribution >= 4 is 23.4 Å². The average molecular weight is 280 g/mol. The number of nitrogens with two attached hydrogens (primary N) is 1. The number of ether oxygens (including phenoxy) is 1. The molecule has 0 aromatic carbocycles. The van der Waals surface area contributed by atoms with Crippen LogP contribution in [0.15, 0.2) is 12.3 Å². The lowest BCUT2D eigenvalue weighted by Crippen LogP contribution is -2.39. The van der Waals surface area contributed by atoms with Gasteiger partial charge in [0.15, 0.2) is 0 Å². The van der Waals surface area contributed by atoms with Crippen LogP contribution < -0.4 is 11.1 Å². The van der Waals surface area contributed by atoms with E-state index in [4.69, 9.17) is 5.73 Å². The van der Waals surface area contributed by atoms with Crippen LogP contribution in [0.3, 0.4) is 0 Å². The van der Waals surface area contributed by atoms with Gasteiger partial charge in [-0.3, -0.25) is 4.79 Å². The van der Waals surface area contributed by atoms with Gasteiger partial charge < -0.3 is 20.7 Å². The SMILES string of the molecule is CCN(C)C(=O)C(C)Nc1ncc(N)cc1C(=O)OC. The molecule has 110 valence electrons. The number of likely N-dealkylation sites (N-methyl/N-ethyl adjacent to an activating group) is 1. The van der Waals surface area contributed by atoms with Crippen LogP contribution in [0.2, 0.25) is 0 Å². The molecule has 0 bridgehead atoms. The molecular formula is C13H20N4O3. The van der Waals surface area contributed by atoms with Crippen molar-refractivity contribution in [3.05, 3.63) is 17.8 Å². The second-order valence-corrected chi connectivity index (χ2v) is 4.37.